The standard InChI is InChI=1S/C27H31N5/c1-4-30-15-17-31(18-16-30)27-24(19-22-11-7-5-8-12-22)20(2)28-26-25(21(3)29-32(26)27)23-13-9-6-10-14-23/h5-14H,4,15-19H2,1-3H3/p+1. The molecule has 1 aliphatic heterocycles. The molecule has 5 heteroatoms. The van der Waals surface area contributed by atoms with Gasteiger partial charge in [-0.1, -0.05) is 60.7 Å². The molecule has 0 spiro atoms. The predicted molar refractivity (Wildman–Crippen MR) is 131 cm³/mol. The minimum atomic E-state index is 0.866. The van der Waals surface area contributed by atoms with Crippen molar-refractivity contribution in [1.82, 2.24) is 14.6 Å². The monoisotopic (exact) mass is 426 g/mol. The smallest absolute Gasteiger partial charge is 0.165 e. The van der Waals surface area contributed by atoms with Crippen molar-refractivity contribution in [3.8, 4) is 11.1 Å². The van der Waals surface area contributed by atoms with Crippen molar-refractivity contribution in [1.29, 1.82) is 0 Å². The van der Waals surface area contributed by atoms with E-state index in [0.717, 1.165) is 55.2 Å². The molecule has 0 amide bonds. The number of hydrogen-bond acceptors (Lipinski definition) is 3. The summed E-state index contributed by atoms with van der Waals surface area (Å²) in [5, 5.41) is 5.05. The highest BCUT2D eigenvalue weighted by Gasteiger charge is 2.27. The third kappa shape index (κ3) is 3.78. The van der Waals surface area contributed by atoms with Crippen molar-refractivity contribution >= 4 is 11.5 Å². The van der Waals surface area contributed by atoms with Crippen molar-refractivity contribution in [3.63, 3.8) is 0 Å². The van der Waals surface area contributed by atoms with Gasteiger partial charge in [-0.25, -0.2) is 4.98 Å². The second-order valence-electron chi connectivity index (χ2n) is 8.81. The molecular formula is C27H32N5+. The zero-order valence-electron chi connectivity index (χ0n) is 19.3. The summed E-state index contributed by atoms with van der Waals surface area (Å²) in [4.78, 5) is 9.34. The lowest BCUT2D eigenvalue weighted by Crippen LogP contribution is -3.14. The van der Waals surface area contributed by atoms with Crippen molar-refractivity contribution in [3.05, 3.63) is 83.2 Å². The van der Waals surface area contributed by atoms with Crippen LogP contribution in [0.5, 0.6) is 0 Å². The quantitative estimate of drug-likeness (QED) is 0.532. The minimum Gasteiger partial charge on any atom is -0.345 e. The lowest BCUT2D eigenvalue weighted by molar-refractivity contribution is -0.898. The number of piperazine rings is 1. The number of rotatable bonds is 5. The molecule has 0 unspecified atom stereocenters. The molecule has 0 saturated carbocycles. The first-order valence-corrected chi connectivity index (χ1v) is 11.7. The molecule has 164 valence electrons. The van der Waals surface area contributed by atoms with Gasteiger partial charge in [0, 0.05) is 23.2 Å². The van der Waals surface area contributed by atoms with Crippen LogP contribution in [0.25, 0.3) is 16.8 Å². The summed E-state index contributed by atoms with van der Waals surface area (Å²) in [5.74, 6) is 1.22. The minimum absolute atomic E-state index is 0.866. The molecule has 1 N–H and O–H groups in total. The van der Waals surface area contributed by atoms with Gasteiger partial charge in [-0.3, -0.25) is 0 Å². The number of anilines is 1. The predicted octanol–water partition coefficient (Wildman–Crippen LogP) is 3.33. The second-order valence-corrected chi connectivity index (χ2v) is 8.81. The lowest BCUT2D eigenvalue weighted by Gasteiger charge is -2.34. The van der Waals surface area contributed by atoms with E-state index < -0.39 is 0 Å². The van der Waals surface area contributed by atoms with Crippen molar-refractivity contribution in [2.75, 3.05) is 37.6 Å². The SMILES string of the molecule is CC[NH+]1CCN(c2c(Cc3ccccc3)c(C)nc3c(-c4ccccc4)c(C)nn23)CC1. The van der Waals surface area contributed by atoms with Crippen molar-refractivity contribution < 1.29 is 4.90 Å². The van der Waals surface area contributed by atoms with Gasteiger partial charge >= 0.3 is 0 Å². The Kier molecular flexibility index (Phi) is 5.66. The first-order chi connectivity index (χ1) is 15.7. The molecular weight excluding hydrogens is 394 g/mol. The number of aryl methyl sites for hydroxylation is 2. The Bertz CT molecular complexity index is 1210. The lowest BCUT2D eigenvalue weighted by atomic mass is 10.0. The number of benzene rings is 2. The molecule has 1 aliphatic rings. The Morgan fingerprint density at radius 1 is 0.875 bits per heavy atom. The first-order valence-electron chi connectivity index (χ1n) is 11.7. The van der Waals surface area contributed by atoms with E-state index in [2.05, 4.69) is 90.9 Å². The fourth-order valence-electron chi connectivity index (χ4n) is 4.94. The maximum Gasteiger partial charge on any atom is 0.165 e. The molecule has 0 atom stereocenters. The summed E-state index contributed by atoms with van der Waals surface area (Å²) in [7, 11) is 0. The number of fused-ring (bicyclic) bond motifs is 1. The molecule has 3 heterocycles. The van der Waals surface area contributed by atoms with Crippen LogP contribution < -0.4 is 9.80 Å². The van der Waals surface area contributed by atoms with Gasteiger partial charge in [-0.15, -0.1) is 0 Å². The normalized spacial score (nSPS) is 14.9. The van der Waals surface area contributed by atoms with Gasteiger partial charge in [0.2, 0.25) is 0 Å². The van der Waals surface area contributed by atoms with E-state index >= 15 is 0 Å². The van der Waals surface area contributed by atoms with Crippen LogP contribution in [0.2, 0.25) is 0 Å². The number of likely N-dealkylation sites (N-methyl/N-ethyl adjacent to an activating group) is 1. The Hall–Kier alpha value is -3.18. The Labute approximate surface area is 190 Å². The van der Waals surface area contributed by atoms with E-state index in [4.69, 9.17) is 10.1 Å². The highest BCUT2D eigenvalue weighted by molar-refractivity contribution is 5.81. The van der Waals surface area contributed by atoms with Gasteiger partial charge in [-0.2, -0.15) is 9.61 Å². The number of quaternary nitrogens is 1. The number of aromatic nitrogens is 3. The molecule has 2 aromatic carbocycles. The third-order valence-corrected chi connectivity index (χ3v) is 6.77. The molecule has 0 aliphatic carbocycles. The van der Waals surface area contributed by atoms with E-state index in [-0.39, 0.29) is 0 Å². The summed E-state index contributed by atoms with van der Waals surface area (Å²) in [6, 6.07) is 21.3. The molecule has 32 heavy (non-hydrogen) atoms. The number of hydrogen-bond donors (Lipinski definition) is 1. The average Bonchev–Trinajstić information content (AvgIpc) is 3.16. The highest BCUT2D eigenvalue weighted by atomic mass is 15.4. The first kappa shape index (κ1) is 20.7. The van der Waals surface area contributed by atoms with Crippen LogP contribution in [0.3, 0.4) is 0 Å². The number of nitrogens with one attached hydrogen (secondary N) is 1. The fourth-order valence-corrected chi connectivity index (χ4v) is 4.94. The molecule has 1 fully saturated rings. The summed E-state index contributed by atoms with van der Waals surface area (Å²) < 4.78 is 2.12. The molecule has 0 bridgehead atoms. The van der Waals surface area contributed by atoms with Crippen molar-refractivity contribution in [2.24, 2.45) is 0 Å². The van der Waals surface area contributed by atoms with Crippen LogP contribution in [-0.2, 0) is 6.42 Å². The fraction of sp³-hybridized carbons (Fsp3) is 0.333. The van der Waals surface area contributed by atoms with Gasteiger partial charge < -0.3 is 9.80 Å². The average molecular weight is 427 g/mol. The van der Waals surface area contributed by atoms with Gasteiger partial charge in [0.25, 0.3) is 0 Å². The Morgan fingerprint density at radius 3 is 2.19 bits per heavy atom. The third-order valence-electron chi connectivity index (χ3n) is 6.77. The summed E-state index contributed by atoms with van der Waals surface area (Å²) in [6.07, 6.45) is 0.866. The Balaban J connectivity index is 1.69. The molecule has 5 nitrogen and oxygen atoms in total. The summed E-state index contributed by atoms with van der Waals surface area (Å²) in [6.45, 7) is 12.1. The Morgan fingerprint density at radius 2 is 1.53 bits per heavy atom. The molecule has 0 radical (unpaired) electrons. The molecule has 4 aromatic rings. The molecule has 5 rings (SSSR count). The van der Waals surface area contributed by atoms with Crippen LogP contribution in [0.15, 0.2) is 60.7 Å². The van der Waals surface area contributed by atoms with E-state index in [1.807, 2.05) is 0 Å². The summed E-state index contributed by atoms with van der Waals surface area (Å²) in [5.41, 5.74) is 7.99. The molecule has 2 aromatic heterocycles. The van der Waals surface area contributed by atoms with Gasteiger partial charge in [0.1, 0.15) is 5.82 Å². The van der Waals surface area contributed by atoms with E-state index in [0.29, 0.717) is 0 Å². The largest absolute Gasteiger partial charge is 0.345 e. The maximum atomic E-state index is 5.12. The van der Waals surface area contributed by atoms with Crippen LogP contribution in [0.4, 0.5) is 5.82 Å². The van der Waals surface area contributed by atoms with E-state index in [9.17, 15) is 0 Å². The van der Waals surface area contributed by atoms with Gasteiger partial charge in [0.05, 0.1) is 38.4 Å². The maximum absolute atomic E-state index is 5.12. The van der Waals surface area contributed by atoms with Gasteiger partial charge in [0.15, 0.2) is 5.65 Å². The second kappa shape index (κ2) is 8.75. The van der Waals surface area contributed by atoms with Crippen LogP contribution >= 0.6 is 0 Å². The van der Waals surface area contributed by atoms with E-state index in [1.165, 1.54) is 29.1 Å². The summed E-state index contributed by atoms with van der Waals surface area (Å²) >= 11 is 0. The highest BCUT2D eigenvalue weighted by Crippen LogP contribution is 2.33. The van der Waals surface area contributed by atoms with Crippen LogP contribution in [-0.4, -0.2) is 47.3 Å². The van der Waals surface area contributed by atoms with Gasteiger partial charge in [-0.05, 0) is 31.9 Å². The van der Waals surface area contributed by atoms with E-state index in [1.54, 1.807) is 4.90 Å². The molecule has 1 saturated heterocycles. The van der Waals surface area contributed by atoms with Crippen LogP contribution in [0, 0.1) is 13.8 Å². The zero-order chi connectivity index (χ0) is 22.1. The number of nitrogens with zero attached hydrogens (tertiary/aromatic N) is 4. The van der Waals surface area contributed by atoms with Crippen LogP contribution in [0.1, 0.15) is 29.4 Å². The van der Waals surface area contributed by atoms with Crippen molar-refractivity contribution in [2.45, 2.75) is 27.2 Å². The topological polar surface area (TPSA) is 37.9 Å². The zero-order valence-corrected chi connectivity index (χ0v) is 19.3.